The summed E-state index contributed by atoms with van der Waals surface area (Å²) in [7, 11) is 0. The molecule has 1 rings (SSSR count). The van der Waals surface area contributed by atoms with Gasteiger partial charge in [-0.15, -0.1) is 0 Å². The molecule has 0 aliphatic heterocycles. The number of hydrogen-bond acceptors (Lipinski definition) is 1. The van der Waals surface area contributed by atoms with Gasteiger partial charge in [0.15, 0.2) is 0 Å². The molecule has 0 aromatic heterocycles. The van der Waals surface area contributed by atoms with Crippen LogP contribution in [0, 0.1) is 11.8 Å². The zero-order valence-corrected chi connectivity index (χ0v) is 14.9. The zero-order chi connectivity index (χ0) is 22.7. The van der Waals surface area contributed by atoms with Crippen molar-refractivity contribution in [2.45, 2.75) is 68.8 Å². The summed E-state index contributed by atoms with van der Waals surface area (Å²) in [5.41, 5.74) is -5.63. The normalized spacial score (nSPS) is 18.9. The highest BCUT2D eigenvalue weighted by atomic mass is 19.4. The van der Waals surface area contributed by atoms with Crippen molar-refractivity contribution in [3.63, 3.8) is 0 Å². The Hall–Kier alpha value is -1.33. The lowest BCUT2D eigenvalue weighted by Gasteiger charge is -2.36. The van der Waals surface area contributed by atoms with E-state index in [9.17, 15) is 48.3 Å². The third kappa shape index (κ3) is 6.08. The summed E-state index contributed by atoms with van der Waals surface area (Å²) in [6, 6.07) is 0. The fourth-order valence-electron chi connectivity index (χ4n) is 3.18. The van der Waals surface area contributed by atoms with Gasteiger partial charge in [0.05, 0.1) is 0 Å². The molecule has 1 aliphatic carbocycles. The van der Waals surface area contributed by atoms with Gasteiger partial charge in [-0.1, -0.05) is 31.4 Å². The van der Waals surface area contributed by atoms with Crippen molar-refractivity contribution in [1.29, 1.82) is 0 Å². The third-order valence-electron chi connectivity index (χ3n) is 4.93. The van der Waals surface area contributed by atoms with Crippen molar-refractivity contribution in [3.05, 3.63) is 24.1 Å². The number of allylic oxidation sites excluding steroid dienone is 3. The van der Waals surface area contributed by atoms with E-state index in [1.54, 1.807) is 0 Å². The molecule has 0 aromatic carbocycles. The molecule has 170 valence electrons. The molecule has 0 heterocycles. The Morgan fingerprint density at radius 1 is 0.862 bits per heavy atom. The average Bonchev–Trinajstić information content (AvgIpc) is 2.58. The monoisotopic (exact) mass is 448 g/mol. The van der Waals surface area contributed by atoms with Crippen LogP contribution < -0.4 is 0 Å². The van der Waals surface area contributed by atoms with Gasteiger partial charge in [-0.25, -0.2) is 0 Å². The minimum atomic E-state index is -6.44. The van der Waals surface area contributed by atoms with Gasteiger partial charge < -0.3 is 5.11 Å². The Kier molecular flexibility index (Phi) is 8.17. The fraction of sp³-hybridized carbons (Fsp3) is 0.765. The lowest BCUT2D eigenvalue weighted by molar-refractivity contribution is -0.375. The van der Waals surface area contributed by atoms with Gasteiger partial charge in [0, 0.05) is 12.3 Å². The van der Waals surface area contributed by atoms with Crippen molar-refractivity contribution in [2.24, 2.45) is 11.8 Å². The van der Waals surface area contributed by atoms with E-state index in [1.807, 2.05) is 0 Å². The molecule has 1 unspecified atom stereocenters. The van der Waals surface area contributed by atoms with Crippen LogP contribution >= 0.6 is 0 Å². The van der Waals surface area contributed by atoms with Crippen molar-refractivity contribution in [3.8, 4) is 0 Å². The first kappa shape index (κ1) is 25.7. The molecule has 1 fully saturated rings. The zero-order valence-electron chi connectivity index (χ0n) is 14.9. The van der Waals surface area contributed by atoms with Gasteiger partial charge in [0.1, 0.15) is 0 Å². The lowest BCUT2D eigenvalue weighted by Crippen LogP contribution is -2.59. The van der Waals surface area contributed by atoms with Crippen LogP contribution in [0.4, 0.5) is 48.3 Å². The number of halogens is 11. The van der Waals surface area contributed by atoms with E-state index in [4.69, 9.17) is 5.11 Å². The molecule has 29 heavy (non-hydrogen) atoms. The largest absolute Gasteiger partial charge is 0.426 e. The van der Waals surface area contributed by atoms with Gasteiger partial charge in [-0.3, -0.25) is 0 Å². The van der Waals surface area contributed by atoms with E-state index >= 15 is 0 Å². The summed E-state index contributed by atoms with van der Waals surface area (Å²) in [5, 5.41) is 9.15. The minimum absolute atomic E-state index is 0.166. The van der Waals surface area contributed by atoms with Gasteiger partial charge in [-0.05, 0) is 25.2 Å². The third-order valence-corrected chi connectivity index (χ3v) is 4.93. The van der Waals surface area contributed by atoms with Gasteiger partial charge >= 0.3 is 24.4 Å². The highest BCUT2D eigenvalue weighted by Gasteiger charge is 2.72. The maximum atomic E-state index is 14.0. The molecular formula is C17H19F11O. The maximum absolute atomic E-state index is 14.0. The molecule has 1 N–H and O–H groups in total. The second-order valence-electron chi connectivity index (χ2n) is 7.02. The molecule has 0 radical (unpaired) electrons. The van der Waals surface area contributed by atoms with Gasteiger partial charge in [0.2, 0.25) is 5.83 Å². The van der Waals surface area contributed by atoms with Gasteiger partial charge in [-0.2, -0.15) is 48.3 Å². The van der Waals surface area contributed by atoms with Crippen molar-refractivity contribution in [1.82, 2.24) is 0 Å². The number of alkyl halides is 8. The van der Waals surface area contributed by atoms with Crippen LogP contribution in [0.15, 0.2) is 24.1 Å². The van der Waals surface area contributed by atoms with Crippen molar-refractivity contribution < 1.29 is 53.4 Å². The maximum Gasteiger partial charge on any atom is 0.426 e. The highest BCUT2D eigenvalue weighted by molar-refractivity contribution is 5.11. The molecule has 1 atom stereocenters. The summed E-state index contributed by atoms with van der Waals surface area (Å²) in [6.45, 7) is 0. The van der Waals surface area contributed by atoms with Gasteiger partial charge in [0.25, 0.3) is 5.60 Å². The van der Waals surface area contributed by atoms with Crippen LogP contribution in [0.5, 0.6) is 0 Å². The molecule has 0 bridgehead atoms. The van der Waals surface area contributed by atoms with Crippen LogP contribution in [0.25, 0.3) is 0 Å². The Labute approximate surface area is 159 Å². The van der Waals surface area contributed by atoms with Crippen LogP contribution in [-0.2, 0) is 0 Å². The van der Waals surface area contributed by atoms with E-state index < -0.39 is 54.5 Å². The molecule has 12 heteroatoms. The Balaban J connectivity index is 3.25. The molecule has 0 spiro atoms. The first-order chi connectivity index (χ1) is 13.0. The Bertz CT molecular complexity index is 579. The summed E-state index contributed by atoms with van der Waals surface area (Å²) >= 11 is 0. The number of aliphatic hydroxyl groups is 1. The summed E-state index contributed by atoms with van der Waals surface area (Å²) in [6.07, 6.45) is -14.7. The van der Waals surface area contributed by atoms with Crippen LogP contribution in [0.2, 0.25) is 0 Å². The lowest BCUT2D eigenvalue weighted by atomic mass is 9.82. The molecule has 0 amide bonds. The SMILES string of the molecule is OC(CC(CC=CC1CCCCC1)C(F)(F)C(F)=C(F)F)(C(F)(F)F)C(F)(F)F. The number of rotatable bonds is 7. The van der Waals surface area contributed by atoms with E-state index in [2.05, 4.69) is 0 Å². The summed E-state index contributed by atoms with van der Waals surface area (Å²) < 4.78 is 143. The van der Waals surface area contributed by atoms with E-state index in [0.717, 1.165) is 25.3 Å². The second-order valence-corrected chi connectivity index (χ2v) is 7.02. The summed E-state index contributed by atoms with van der Waals surface area (Å²) in [5.74, 6) is -12.2. The average molecular weight is 448 g/mol. The molecule has 1 aliphatic rings. The first-order valence-electron chi connectivity index (χ1n) is 8.65. The predicted molar refractivity (Wildman–Crippen MR) is 80.8 cm³/mol. The standard InChI is InChI=1S/C17H19F11O/c18-12(13(19)20)15(21,22)11(8-4-7-10-5-2-1-3-6-10)9-14(29,16(23,24)25)17(26,27)28/h4,7,10-11,29H,1-3,5-6,8-9H2. The minimum Gasteiger partial charge on any atom is -0.374 e. The molecule has 0 saturated heterocycles. The van der Waals surface area contributed by atoms with E-state index in [0.29, 0.717) is 12.8 Å². The van der Waals surface area contributed by atoms with Crippen LogP contribution in [-0.4, -0.2) is 29.0 Å². The fourth-order valence-corrected chi connectivity index (χ4v) is 3.18. The van der Waals surface area contributed by atoms with E-state index in [1.165, 1.54) is 6.08 Å². The molecule has 1 saturated carbocycles. The van der Waals surface area contributed by atoms with Crippen LogP contribution in [0.1, 0.15) is 44.9 Å². The Morgan fingerprint density at radius 2 is 1.34 bits per heavy atom. The van der Waals surface area contributed by atoms with Crippen molar-refractivity contribution in [2.75, 3.05) is 0 Å². The van der Waals surface area contributed by atoms with E-state index in [-0.39, 0.29) is 5.92 Å². The quantitative estimate of drug-likeness (QED) is 0.326. The number of hydrogen-bond donors (Lipinski definition) is 1. The molecule has 1 nitrogen and oxygen atoms in total. The first-order valence-corrected chi connectivity index (χ1v) is 8.65. The highest BCUT2D eigenvalue weighted by Crippen LogP contribution is 2.51. The van der Waals surface area contributed by atoms with Crippen molar-refractivity contribution >= 4 is 0 Å². The topological polar surface area (TPSA) is 20.2 Å². The molecule has 0 aromatic rings. The predicted octanol–water partition coefficient (Wildman–Crippen LogP) is 7.09. The molecular weight excluding hydrogens is 429 g/mol. The van der Waals surface area contributed by atoms with Crippen LogP contribution in [0.3, 0.4) is 0 Å². The Morgan fingerprint density at radius 3 is 1.76 bits per heavy atom. The smallest absolute Gasteiger partial charge is 0.374 e. The second kappa shape index (κ2) is 9.22. The summed E-state index contributed by atoms with van der Waals surface area (Å²) in [4.78, 5) is 0.